The number of hydrogen-bond acceptors (Lipinski definition) is 5. The van der Waals surface area contributed by atoms with Crippen molar-refractivity contribution < 1.29 is 14.3 Å². The van der Waals surface area contributed by atoms with Crippen LogP contribution in [-0.2, 0) is 30.7 Å². The zero-order chi connectivity index (χ0) is 24.4. The SMILES string of the molecule is COc1cccc(Cn2nc(C(=O)NC3CC3)c3c2CCN(C(=O)Cc2ccc(SC)cc2)C3)c1. The number of aromatic nitrogens is 2. The summed E-state index contributed by atoms with van der Waals surface area (Å²) in [4.78, 5) is 29.2. The molecule has 7 nitrogen and oxygen atoms in total. The topological polar surface area (TPSA) is 76.5 Å². The molecular weight excluding hydrogens is 460 g/mol. The van der Waals surface area contributed by atoms with Crippen LogP contribution in [0, 0.1) is 0 Å². The molecule has 35 heavy (non-hydrogen) atoms. The van der Waals surface area contributed by atoms with E-state index in [0.29, 0.717) is 38.2 Å². The highest BCUT2D eigenvalue weighted by molar-refractivity contribution is 7.98. The molecule has 8 heteroatoms. The molecule has 182 valence electrons. The number of methoxy groups -OCH3 is 1. The van der Waals surface area contributed by atoms with Crippen molar-refractivity contribution in [3.8, 4) is 5.75 Å². The number of amides is 2. The Morgan fingerprint density at radius 3 is 2.66 bits per heavy atom. The Balaban J connectivity index is 1.38. The number of nitrogens with zero attached hydrogens (tertiary/aromatic N) is 3. The summed E-state index contributed by atoms with van der Waals surface area (Å²) in [7, 11) is 1.65. The molecule has 1 aliphatic heterocycles. The van der Waals surface area contributed by atoms with Crippen LogP contribution in [0.5, 0.6) is 5.75 Å². The van der Waals surface area contributed by atoms with E-state index in [9.17, 15) is 9.59 Å². The summed E-state index contributed by atoms with van der Waals surface area (Å²) in [6.07, 6.45) is 5.08. The molecule has 2 heterocycles. The van der Waals surface area contributed by atoms with Gasteiger partial charge in [0.25, 0.3) is 5.91 Å². The standard InChI is InChI=1S/C27H30N4O3S/c1-34-21-5-3-4-19(14-21)16-31-24-12-13-30(25(32)15-18-6-10-22(35-2)11-7-18)17-23(24)26(29-31)27(33)28-20-8-9-20/h3-7,10-11,14,20H,8-9,12-13,15-17H2,1-2H3,(H,28,33). The first-order chi connectivity index (χ1) is 17.0. The zero-order valence-corrected chi connectivity index (χ0v) is 20.9. The van der Waals surface area contributed by atoms with Crippen LogP contribution in [0.25, 0.3) is 0 Å². The fourth-order valence-corrected chi connectivity index (χ4v) is 4.88. The van der Waals surface area contributed by atoms with E-state index in [-0.39, 0.29) is 17.9 Å². The first kappa shape index (κ1) is 23.5. The van der Waals surface area contributed by atoms with Gasteiger partial charge in [-0.2, -0.15) is 5.10 Å². The van der Waals surface area contributed by atoms with Crippen molar-refractivity contribution in [3.05, 3.63) is 76.6 Å². The molecule has 1 N–H and O–H groups in total. The Kier molecular flexibility index (Phi) is 6.81. The van der Waals surface area contributed by atoms with Crippen LogP contribution in [0.4, 0.5) is 0 Å². The summed E-state index contributed by atoms with van der Waals surface area (Å²) < 4.78 is 7.29. The number of thioether (sulfide) groups is 1. The first-order valence-corrected chi connectivity index (χ1v) is 13.2. The van der Waals surface area contributed by atoms with E-state index < -0.39 is 0 Å². The number of nitrogens with one attached hydrogen (secondary N) is 1. The van der Waals surface area contributed by atoms with Gasteiger partial charge in [0.15, 0.2) is 5.69 Å². The highest BCUT2D eigenvalue weighted by atomic mass is 32.2. The van der Waals surface area contributed by atoms with E-state index in [0.717, 1.165) is 41.0 Å². The summed E-state index contributed by atoms with van der Waals surface area (Å²) in [5, 5.41) is 7.81. The Hall–Kier alpha value is -3.26. The van der Waals surface area contributed by atoms with Gasteiger partial charge in [0, 0.05) is 41.7 Å². The van der Waals surface area contributed by atoms with Crippen molar-refractivity contribution in [3.63, 3.8) is 0 Å². The van der Waals surface area contributed by atoms with E-state index in [1.807, 2.05) is 64.4 Å². The summed E-state index contributed by atoms with van der Waals surface area (Å²) in [6.45, 7) is 1.57. The van der Waals surface area contributed by atoms with E-state index in [4.69, 9.17) is 9.84 Å². The minimum Gasteiger partial charge on any atom is -0.497 e. The van der Waals surface area contributed by atoms with Crippen molar-refractivity contribution >= 4 is 23.6 Å². The number of rotatable bonds is 8. The number of ether oxygens (including phenoxy) is 1. The predicted octanol–water partition coefficient (Wildman–Crippen LogP) is 3.68. The Morgan fingerprint density at radius 2 is 1.94 bits per heavy atom. The van der Waals surface area contributed by atoms with Gasteiger partial charge >= 0.3 is 0 Å². The first-order valence-electron chi connectivity index (χ1n) is 12.0. The quantitative estimate of drug-likeness (QED) is 0.488. The monoisotopic (exact) mass is 490 g/mol. The van der Waals surface area contributed by atoms with Crippen molar-refractivity contribution in [2.45, 2.75) is 49.7 Å². The Bertz CT molecular complexity index is 1230. The maximum absolute atomic E-state index is 13.1. The van der Waals surface area contributed by atoms with Crippen LogP contribution in [-0.4, -0.2) is 52.4 Å². The Labute approximate surface area is 209 Å². The highest BCUT2D eigenvalue weighted by Gasteiger charge is 2.32. The molecule has 0 bridgehead atoms. The van der Waals surface area contributed by atoms with Gasteiger partial charge in [-0.1, -0.05) is 24.3 Å². The lowest BCUT2D eigenvalue weighted by molar-refractivity contribution is -0.131. The molecule has 1 fully saturated rings. The van der Waals surface area contributed by atoms with E-state index in [2.05, 4.69) is 5.32 Å². The molecule has 0 spiro atoms. The lowest BCUT2D eigenvalue weighted by Crippen LogP contribution is -2.38. The number of hydrogen-bond donors (Lipinski definition) is 1. The molecule has 2 aromatic carbocycles. The fraction of sp³-hybridized carbons (Fsp3) is 0.370. The van der Waals surface area contributed by atoms with Gasteiger partial charge in [0.1, 0.15) is 5.75 Å². The number of benzene rings is 2. The number of fused-ring (bicyclic) bond motifs is 1. The van der Waals surface area contributed by atoms with Crippen LogP contribution >= 0.6 is 11.8 Å². The molecule has 0 atom stereocenters. The van der Waals surface area contributed by atoms with Crippen molar-refractivity contribution in [2.24, 2.45) is 0 Å². The molecule has 0 radical (unpaired) electrons. The second-order valence-electron chi connectivity index (χ2n) is 9.12. The van der Waals surface area contributed by atoms with Crippen molar-refractivity contribution in [1.82, 2.24) is 20.0 Å². The average molecular weight is 491 g/mol. The van der Waals surface area contributed by atoms with E-state index in [1.54, 1.807) is 18.9 Å². The summed E-state index contributed by atoms with van der Waals surface area (Å²) in [6, 6.07) is 16.2. The van der Waals surface area contributed by atoms with Gasteiger partial charge in [-0.15, -0.1) is 11.8 Å². The smallest absolute Gasteiger partial charge is 0.272 e. The third kappa shape index (κ3) is 5.37. The minimum absolute atomic E-state index is 0.0710. The van der Waals surface area contributed by atoms with Crippen LogP contribution in [0.15, 0.2) is 53.4 Å². The van der Waals surface area contributed by atoms with Crippen LogP contribution in [0.2, 0.25) is 0 Å². The number of carbonyl (C=O) groups is 2. The van der Waals surface area contributed by atoms with E-state index >= 15 is 0 Å². The average Bonchev–Trinajstić information content (AvgIpc) is 3.63. The lowest BCUT2D eigenvalue weighted by Gasteiger charge is -2.28. The van der Waals surface area contributed by atoms with E-state index in [1.165, 1.54) is 4.90 Å². The predicted molar refractivity (Wildman–Crippen MR) is 136 cm³/mol. The number of carbonyl (C=O) groups excluding carboxylic acids is 2. The van der Waals surface area contributed by atoms with Crippen molar-refractivity contribution in [1.29, 1.82) is 0 Å². The van der Waals surface area contributed by atoms with Crippen LogP contribution < -0.4 is 10.1 Å². The molecule has 1 aliphatic carbocycles. The van der Waals surface area contributed by atoms with Crippen molar-refractivity contribution in [2.75, 3.05) is 19.9 Å². The molecule has 1 aromatic heterocycles. The summed E-state index contributed by atoms with van der Waals surface area (Å²) >= 11 is 1.68. The maximum atomic E-state index is 13.1. The van der Waals surface area contributed by atoms with Crippen LogP contribution in [0.1, 0.15) is 45.7 Å². The largest absolute Gasteiger partial charge is 0.497 e. The highest BCUT2D eigenvalue weighted by Crippen LogP contribution is 2.27. The second kappa shape index (κ2) is 10.2. The molecule has 3 aromatic rings. The van der Waals surface area contributed by atoms with Gasteiger partial charge in [0.2, 0.25) is 5.91 Å². The van der Waals surface area contributed by atoms with Gasteiger partial charge in [0.05, 0.1) is 20.1 Å². The van der Waals surface area contributed by atoms with Crippen LogP contribution in [0.3, 0.4) is 0 Å². The third-order valence-corrected chi connectivity index (χ3v) is 7.34. The van der Waals surface area contributed by atoms with Gasteiger partial charge in [-0.3, -0.25) is 14.3 Å². The normalized spacial score (nSPS) is 15.0. The fourth-order valence-electron chi connectivity index (χ4n) is 4.47. The molecule has 1 saturated carbocycles. The molecule has 0 saturated heterocycles. The second-order valence-corrected chi connectivity index (χ2v) is 10.0. The minimum atomic E-state index is -0.143. The lowest BCUT2D eigenvalue weighted by atomic mass is 10.0. The summed E-state index contributed by atoms with van der Waals surface area (Å²) in [5.41, 5.74) is 4.39. The molecule has 2 amide bonds. The zero-order valence-electron chi connectivity index (χ0n) is 20.1. The maximum Gasteiger partial charge on any atom is 0.272 e. The van der Waals surface area contributed by atoms with Gasteiger partial charge in [-0.05, 0) is 54.5 Å². The third-order valence-electron chi connectivity index (χ3n) is 6.60. The Morgan fingerprint density at radius 1 is 1.14 bits per heavy atom. The molecule has 2 aliphatic rings. The molecule has 5 rings (SSSR count). The summed E-state index contributed by atoms with van der Waals surface area (Å²) in [5.74, 6) is 0.717. The molecular formula is C27H30N4O3S. The van der Waals surface area contributed by atoms with Gasteiger partial charge < -0.3 is 15.0 Å². The molecule has 0 unspecified atom stereocenters. The van der Waals surface area contributed by atoms with Gasteiger partial charge in [-0.25, -0.2) is 0 Å².